The molecule has 0 spiro atoms. The zero-order chi connectivity index (χ0) is 9.26. The van der Waals surface area contributed by atoms with Crippen molar-refractivity contribution in [1.29, 1.82) is 0 Å². The molecular weight excluding hydrogens is 186 g/mol. The van der Waals surface area contributed by atoms with E-state index >= 15 is 0 Å². The summed E-state index contributed by atoms with van der Waals surface area (Å²) in [7, 11) is 3.63. The number of nitrogens with one attached hydrogen (secondary N) is 1. The molecule has 2 rings (SSSR count). The predicted octanol–water partition coefficient (Wildman–Crippen LogP) is 0.980. The maximum Gasteiger partial charge on any atom is 0.183 e. The molecule has 2 heterocycles. The Kier molecular flexibility index (Phi) is 1.97. The van der Waals surface area contributed by atoms with Crippen molar-refractivity contribution in [3.8, 4) is 11.4 Å². The number of rotatable bonds is 2. The second-order valence-corrected chi connectivity index (χ2v) is 3.37. The maximum atomic E-state index is 4.30. The van der Waals surface area contributed by atoms with Gasteiger partial charge in [-0.25, -0.2) is 4.98 Å². The van der Waals surface area contributed by atoms with E-state index in [1.165, 1.54) is 4.80 Å². The molecule has 0 fully saturated rings. The van der Waals surface area contributed by atoms with Crippen LogP contribution in [0.15, 0.2) is 11.6 Å². The van der Waals surface area contributed by atoms with Crippen LogP contribution in [-0.4, -0.2) is 27.0 Å². The van der Waals surface area contributed by atoms with Crippen molar-refractivity contribution in [3.63, 3.8) is 0 Å². The van der Waals surface area contributed by atoms with Crippen molar-refractivity contribution in [3.05, 3.63) is 11.6 Å². The van der Waals surface area contributed by atoms with E-state index in [-0.39, 0.29) is 0 Å². The van der Waals surface area contributed by atoms with Crippen LogP contribution in [0, 0.1) is 0 Å². The van der Waals surface area contributed by atoms with Crippen molar-refractivity contribution < 1.29 is 0 Å². The quantitative estimate of drug-likeness (QED) is 0.776. The monoisotopic (exact) mass is 195 g/mol. The molecule has 0 aliphatic rings. The second kappa shape index (κ2) is 3.14. The van der Waals surface area contributed by atoms with Gasteiger partial charge in [-0.05, 0) is 0 Å². The summed E-state index contributed by atoms with van der Waals surface area (Å²) in [6, 6.07) is 0. The SMILES string of the molecule is CNc1nc(-c2cnn(C)n2)cs1. The molecule has 0 radical (unpaired) electrons. The lowest BCUT2D eigenvalue weighted by Crippen LogP contribution is -1.92. The lowest BCUT2D eigenvalue weighted by atomic mass is 10.4. The van der Waals surface area contributed by atoms with Gasteiger partial charge in [-0.1, -0.05) is 0 Å². The lowest BCUT2D eigenvalue weighted by Gasteiger charge is -1.88. The van der Waals surface area contributed by atoms with Crippen molar-refractivity contribution in [2.75, 3.05) is 12.4 Å². The van der Waals surface area contributed by atoms with Crippen LogP contribution < -0.4 is 5.32 Å². The molecule has 0 aliphatic heterocycles. The van der Waals surface area contributed by atoms with Gasteiger partial charge in [-0.3, -0.25) is 0 Å². The number of hydrogen-bond donors (Lipinski definition) is 1. The van der Waals surface area contributed by atoms with Crippen LogP contribution >= 0.6 is 11.3 Å². The smallest absolute Gasteiger partial charge is 0.183 e. The molecule has 2 aromatic rings. The highest BCUT2D eigenvalue weighted by atomic mass is 32.1. The molecule has 0 saturated carbocycles. The van der Waals surface area contributed by atoms with Crippen LogP contribution in [0.1, 0.15) is 0 Å². The average Bonchev–Trinajstić information content (AvgIpc) is 2.71. The Morgan fingerprint density at radius 3 is 2.85 bits per heavy atom. The van der Waals surface area contributed by atoms with E-state index in [9.17, 15) is 0 Å². The fraction of sp³-hybridized carbons (Fsp3) is 0.286. The summed E-state index contributed by atoms with van der Waals surface area (Å²) < 4.78 is 0. The Morgan fingerprint density at radius 2 is 2.31 bits per heavy atom. The standard InChI is InChI=1S/C7H9N5S/c1-8-7-10-6(4-13-7)5-3-9-12(2)11-5/h3-4H,1-2H3,(H,8,10). The number of aryl methyl sites for hydroxylation is 1. The Balaban J connectivity index is 2.35. The van der Waals surface area contributed by atoms with Gasteiger partial charge < -0.3 is 5.32 Å². The van der Waals surface area contributed by atoms with Crippen molar-refractivity contribution >= 4 is 16.5 Å². The van der Waals surface area contributed by atoms with Gasteiger partial charge in [0.25, 0.3) is 0 Å². The molecule has 0 amide bonds. The highest BCUT2D eigenvalue weighted by molar-refractivity contribution is 7.14. The molecule has 0 aromatic carbocycles. The molecule has 0 saturated heterocycles. The average molecular weight is 195 g/mol. The lowest BCUT2D eigenvalue weighted by molar-refractivity contribution is 0.655. The van der Waals surface area contributed by atoms with Gasteiger partial charge in [-0.15, -0.1) is 11.3 Å². The Morgan fingerprint density at radius 1 is 1.46 bits per heavy atom. The summed E-state index contributed by atoms with van der Waals surface area (Å²) in [6.07, 6.45) is 1.70. The molecule has 5 nitrogen and oxygen atoms in total. The zero-order valence-corrected chi connectivity index (χ0v) is 8.17. The van der Waals surface area contributed by atoms with Gasteiger partial charge in [-0.2, -0.15) is 15.0 Å². The molecule has 13 heavy (non-hydrogen) atoms. The van der Waals surface area contributed by atoms with Gasteiger partial charge in [0, 0.05) is 19.5 Å². The number of hydrogen-bond acceptors (Lipinski definition) is 5. The minimum Gasteiger partial charge on any atom is -0.365 e. The molecule has 1 N–H and O–H groups in total. The first-order valence-electron chi connectivity index (χ1n) is 3.79. The molecule has 2 aromatic heterocycles. The van der Waals surface area contributed by atoms with Gasteiger partial charge in [0.15, 0.2) is 5.13 Å². The summed E-state index contributed by atoms with van der Waals surface area (Å²) in [4.78, 5) is 5.83. The number of aromatic nitrogens is 4. The highest BCUT2D eigenvalue weighted by Crippen LogP contribution is 2.21. The summed E-state index contributed by atoms with van der Waals surface area (Å²) in [6.45, 7) is 0. The van der Waals surface area contributed by atoms with Gasteiger partial charge in [0.05, 0.1) is 6.20 Å². The minimum absolute atomic E-state index is 0.806. The predicted molar refractivity (Wildman–Crippen MR) is 51.7 cm³/mol. The van der Waals surface area contributed by atoms with Crippen LogP contribution in [0.5, 0.6) is 0 Å². The largest absolute Gasteiger partial charge is 0.365 e. The second-order valence-electron chi connectivity index (χ2n) is 2.51. The minimum atomic E-state index is 0.806. The third-order valence-electron chi connectivity index (χ3n) is 1.58. The van der Waals surface area contributed by atoms with E-state index in [2.05, 4.69) is 20.5 Å². The summed E-state index contributed by atoms with van der Waals surface area (Å²) in [5, 5.41) is 13.9. The van der Waals surface area contributed by atoms with Crippen LogP contribution in [0.3, 0.4) is 0 Å². The number of nitrogens with zero attached hydrogens (tertiary/aromatic N) is 4. The van der Waals surface area contributed by atoms with E-state index in [4.69, 9.17) is 0 Å². The first-order chi connectivity index (χ1) is 6.29. The third kappa shape index (κ3) is 1.52. The number of thiazole rings is 1. The van der Waals surface area contributed by atoms with Gasteiger partial charge in [0.2, 0.25) is 0 Å². The molecule has 0 bridgehead atoms. The number of anilines is 1. The first kappa shape index (κ1) is 8.18. The normalized spacial score (nSPS) is 10.3. The molecule has 68 valence electrons. The zero-order valence-electron chi connectivity index (χ0n) is 7.35. The van der Waals surface area contributed by atoms with Crippen LogP contribution in [0.25, 0.3) is 11.4 Å². The third-order valence-corrected chi connectivity index (χ3v) is 2.44. The summed E-state index contributed by atoms with van der Waals surface area (Å²) in [5.41, 5.74) is 1.67. The van der Waals surface area contributed by atoms with Crippen LogP contribution in [0.2, 0.25) is 0 Å². The Labute approximate surface area is 79.4 Å². The fourth-order valence-corrected chi connectivity index (χ4v) is 1.63. The van der Waals surface area contributed by atoms with Crippen molar-refractivity contribution in [1.82, 2.24) is 20.0 Å². The molecule has 6 heteroatoms. The van der Waals surface area contributed by atoms with E-state index in [0.717, 1.165) is 16.5 Å². The van der Waals surface area contributed by atoms with Crippen molar-refractivity contribution in [2.24, 2.45) is 7.05 Å². The van der Waals surface area contributed by atoms with Crippen molar-refractivity contribution in [2.45, 2.75) is 0 Å². The van der Waals surface area contributed by atoms with E-state index in [1.807, 2.05) is 12.4 Å². The van der Waals surface area contributed by atoms with E-state index in [0.29, 0.717) is 0 Å². The molecular formula is C7H9N5S. The van der Waals surface area contributed by atoms with E-state index in [1.54, 1.807) is 24.6 Å². The Hall–Kier alpha value is -1.43. The summed E-state index contributed by atoms with van der Waals surface area (Å²) in [5.74, 6) is 0. The fourth-order valence-electron chi connectivity index (χ4n) is 0.969. The molecule has 0 atom stereocenters. The topological polar surface area (TPSA) is 55.6 Å². The molecule has 0 aliphatic carbocycles. The summed E-state index contributed by atoms with van der Waals surface area (Å²) >= 11 is 1.55. The maximum absolute atomic E-state index is 4.30. The highest BCUT2D eigenvalue weighted by Gasteiger charge is 2.06. The van der Waals surface area contributed by atoms with Gasteiger partial charge in [0.1, 0.15) is 11.4 Å². The molecule has 0 unspecified atom stereocenters. The van der Waals surface area contributed by atoms with Gasteiger partial charge >= 0.3 is 0 Å². The van der Waals surface area contributed by atoms with Crippen LogP contribution in [-0.2, 0) is 7.05 Å². The van der Waals surface area contributed by atoms with E-state index < -0.39 is 0 Å². The Bertz CT molecular complexity index is 404. The first-order valence-corrected chi connectivity index (χ1v) is 4.67. The van der Waals surface area contributed by atoms with Crippen LogP contribution in [0.4, 0.5) is 5.13 Å².